The van der Waals surface area contributed by atoms with Gasteiger partial charge in [0.2, 0.25) is 0 Å². The number of ether oxygens (including phenoxy) is 1. The summed E-state index contributed by atoms with van der Waals surface area (Å²) in [5.41, 5.74) is 2.81. The molecule has 0 spiro atoms. The average Bonchev–Trinajstić information content (AvgIpc) is 2.84. The fourth-order valence-electron chi connectivity index (χ4n) is 3.13. The molecule has 4 rings (SSSR count). The molecule has 21 heavy (non-hydrogen) atoms. The van der Waals surface area contributed by atoms with Crippen LogP contribution in [0.2, 0.25) is 0 Å². The van der Waals surface area contributed by atoms with Gasteiger partial charge in [0.25, 0.3) is 0 Å². The molecule has 0 radical (unpaired) electrons. The molecule has 0 saturated heterocycles. The van der Waals surface area contributed by atoms with E-state index in [9.17, 15) is 5.11 Å². The third-order valence-electron chi connectivity index (χ3n) is 4.12. The lowest BCUT2D eigenvalue weighted by atomic mass is 9.98. The summed E-state index contributed by atoms with van der Waals surface area (Å²) in [6, 6.07) is 15.5. The second-order valence-corrected chi connectivity index (χ2v) is 5.38. The minimum Gasteiger partial charge on any atom is -0.491 e. The van der Waals surface area contributed by atoms with Crippen LogP contribution in [0.15, 0.2) is 48.5 Å². The van der Waals surface area contributed by atoms with E-state index in [-0.39, 0.29) is 6.04 Å². The molecule has 0 aliphatic carbocycles. The van der Waals surface area contributed by atoms with E-state index in [0.717, 1.165) is 28.2 Å². The molecule has 4 nitrogen and oxygen atoms in total. The van der Waals surface area contributed by atoms with Gasteiger partial charge in [-0.1, -0.05) is 30.3 Å². The zero-order valence-corrected chi connectivity index (χ0v) is 11.7. The van der Waals surface area contributed by atoms with Crippen LogP contribution in [-0.2, 0) is 0 Å². The predicted octanol–water partition coefficient (Wildman–Crippen LogP) is 3.01. The number of benzene rings is 2. The van der Waals surface area contributed by atoms with Gasteiger partial charge in [-0.2, -0.15) is 0 Å². The highest BCUT2D eigenvalue weighted by Crippen LogP contribution is 2.39. The van der Waals surface area contributed by atoms with E-state index in [1.54, 1.807) is 0 Å². The molecule has 1 aliphatic rings. The van der Waals surface area contributed by atoms with Gasteiger partial charge in [-0.05, 0) is 25.1 Å². The minimum absolute atomic E-state index is 0.160. The summed E-state index contributed by atoms with van der Waals surface area (Å²) in [5.74, 6) is 1.66. The molecule has 1 N–H and O–H groups in total. The highest BCUT2D eigenvalue weighted by atomic mass is 16.5. The van der Waals surface area contributed by atoms with Gasteiger partial charge in [-0.25, -0.2) is 4.98 Å². The first kappa shape index (κ1) is 12.4. The molecule has 0 bridgehead atoms. The third kappa shape index (κ3) is 1.83. The topological polar surface area (TPSA) is 47.3 Å². The molecule has 2 aromatic carbocycles. The summed E-state index contributed by atoms with van der Waals surface area (Å²) in [6.07, 6.45) is -0.591. The standard InChI is InChI=1S/C17H16N2O2/c1-11-18-13-7-3-4-8-14(13)19(11)15-10-21-16-9-5-2-6-12(16)17(15)20/h2-9,15,17,20H,10H2,1H3. The summed E-state index contributed by atoms with van der Waals surface area (Å²) < 4.78 is 7.90. The van der Waals surface area contributed by atoms with Gasteiger partial charge in [-0.3, -0.25) is 0 Å². The Morgan fingerprint density at radius 2 is 1.90 bits per heavy atom. The van der Waals surface area contributed by atoms with E-state index in [2.05, 4.69) is 9.55 Å². The number of fused-ring (bicyclic) bond motifs is 2. The number of nitrogens with zero attached hydrogens (tertiary/aromatic N) is 2. The maximum absolute atomic E-state index is 10.7. The number of aromatic nitrogens is 2. The number of aliphatic hydroxyl groups is 1. The third-order valence-corrected chi connectivity index (χ3v) is 4.12. The lowest BCUT2D eigenvalue weighted by Crippen LogP contribution is -2.29. The zero-order valence-electron chi connectivity index (χ0n) is 11.7. The number of para-hydroxylation sites is 3. The number of aryl methyl sites for hydroxylation is 1. The van der Waals surface area contributed by atoms with Crippen molar-refractivity contribution in [2.24, 2.45) is 0 Å². The van der Waals surface area contributed by atoms with Gasteiger partial charge in [0.1, 0.15) is 24.3 Å². The fraction of sp³-hybridized carbons (Fsp3) is 0.235. The monoisotopic (exact) mass is 280 g/mol. The number of aliphatic hydroxyl groups excluding tert-OH is 1. The van der Waals surface area contributed by atoms with Crippen molar-refractivity contribution in [3.63, 3.8) is 0 Å². The predicted molar refractivity (Wildman–Crippen MR) is 80.4 cm³/mol. The molecule has 1 aromatic heterocycles. The Kier molecular flexibility index (Phi) is 2.72. The first-order valence-electron chi connectivity index (χ1n) is 7.09. The van der Waals surface area contributed by atoms with E-state index in [0.29, 0.717) is 6.61 Å². The smallest absolute Gasteiger partial charge is 0.125 e. The van der Waals surface area contributed by atoms with E-state index < -0.39 is 6.10 Å². The maximum Gasteiger partial charge on any atom is 0.125 e. The van der Waals surface area contributed by atoms with Crippen LogP contribution >= 0.6 is 0 Å². The Balaban J connectivity index is 1.85. The van der Waals surface area contributed by atoms with E-state index in [1.165, 1.54) is 0 Å². The minimum atomic E-state index is -0.591. The van der Waals surface area contributed by atoms with Crippen LogP contribution in [0.1, 0.15) is 23.5 Å². The Morgan fingerprint density at radius 1 is 1.14 bits per heavy atom. The Hall–Kier alpha value is -2.33. The normalized spacial score (nSPS) is 21.0. The fourth-order valence-corrected chi connectivity index (χ4v) is 3.13. The number of hydrogen-bond acceptors (Lipinski definition) is 3. The lowest BCUT2D eigenvalue weighted by molar-refractivity contribution is 0.0578. The van der Waals surface area contributed by atoms with Crippen LogP contribution in [-0.4, -0.2) is 21.3 Å². The van der Waals surface area contributed by atoms with E-state index in [1.807, 2.05) is 55.5 Å². The van der Waals surface area contributed by atoms with Gasteiger partial charge < -0.3 is 14.4 Å². The molecule has 2 atom stereocenters. The van der Waals surface area contributed by atoms with Crippen molar-refractivity contribution in [2.45, 2.75) is 19.1 Å². The molecule has 0 amide bonds. The Bertz CT molecular complexity index is 809. The second-order valence-electron chi connectivity index (χ2n) is 5.38. The lowest BCUT2D eigenvalue weighted by Gasteiger charge is -2.32. The Morgan fingerprint density at radius 3 is 2.81 bits per heavy atom. The highest BCUT2D eigenvalue weighted by molar-refractivity contribution is 5.76. The van der Waals surface area contributed by atoms with Gasteiger partial charge >= 0.3 is 0 Å². The molecule has 3 aromatic rings. The average molecular weight is 280 g/mol. The summed E-state index contributed by atoms with van der Waals surface area (Å²) >= 11 is 0. The molecule has 1 aliphatic heterocycles. The van der Waals surface area contributed by atoms with Crippen LogP contribution in [0.4, 0.5) is 0 Å². The summed E-state index contributed by atoms with van der Waals surface area (Å²) in [7, 11) is 0. The van der Waals surface area contributed by atoms with Gasteiger partial charge in [-0.15, -0.1) is 0 Å². The molecule has 106 valence electrons. The molecular formula is C17H16N2O2. The quantitative estimate of drug-likeness (QED) is 0.745. The van der Waals surface area contributed by atoms with Gasteiger partial charge in [0, 0.05) is 5.56 Å². The van der Waals surface area contributed by atoms with Crippen LogP contribution in [0, 0.1) is 6.92 Å². The molecule has 0 fully saturated rings. The van der Waals surface area contributed by atoms with Crippen molar-refractivity contribution in [3.05, 3.63) is 59.9 Å². The van der Waals surface area contributed by atoms with Crippen molar-refractivity contribution < 1.29 is 9.84 Å². The second kappa shape index (κ2) is 4.60. The molecular weight excluding hydrogens is 264 g/mol. The first-order chi connectivity index (χ1) is 10.3. The zero-order chi connectivity index (χ0) is 14.4. The van der Waals surface area contributed by atoms with Crippen LogP contribution < -0.4 is 4.74 Å². The first-order valence-corrected chi connectivity index (χ1v) is 7.09. The number of rotatable bonds is 1. The Labute approximate surface area is 122 Å². The largest absolute Gasteiger partial charge is 0.491 e. The molecule has 2 heterocycles. The van der Waals surface area contributed by atoms with Gasteiger partial charge in [0.15, 0.2) is 0 Å². The maximum atomic E-state index is 10.7. The SMILES string of the molecule is Cc1nc2ccccc2n1C1COc2ccccc2C1O. The van der Waals surface area contributed by atoms with Gasteiger partial charge in [0.05, 0.1) is 17.1 Å². The number of imidazole rings is 1. The summed E-state index contributed by atoms with van der Waals surface area (Å²) in [4.78, 5) is 4.58. The molecule has 2 unspecified atom stereocenters. The van der Waals surface area contributed by atoms with Crippen LogP contribution in [0.25, 0.3) is 11.0 Å². The summed E-state index contributed by atoms with van der Waals surface area (Å²) in [5, 5.41) is 10.7. The van der Waals surface area contributed by atoms with Crippen molar-refractivity contribution >= 4 is 11.0 Å². The summed E-state index contributed by atoms with van der Waals surface area (Å²) in [6.45, 7) is 2.41. The van der Waals surface area contributed by atoms with E-state index >= 15 is 0 Å². The highest BCUT2D eigenvalue weighted by Gasteiger charge is 2.32. The van der Waals surface area contributed by atoms with Crippen molar-refractivity contribution in [2.75, 3.05) is 6.61 Å². The molecule has 4 heteroatoms. The van der Waals surface area contributed by atoms with Crippen molar-refractivity contribution in [1.29, 1.82) is 0 Å². The van der Waals surface area contributed by atoms with Crippen molar-refractivity contribution in [1.82, 2.24) is 9.55 Å². The van der Waals surface area contributed by atoms with Crippen molar-refractivity contribution in [3.8, 4) is 5.75 Å². The molecule has 0 saturated carbocycles. The van der Waals surface area contributed by atoms with Crippen LogP contribution in [0.3, 0.4) is 0 Å². The van der Waals surface area contributed by atoms with E-state index in [4.69, 9.17) is 4.74 Å². The van der Waals surface area contributed by atoms with Crippen LogP contribution in [0.5, 0.6) is 5.75 Å². The number of hydrogen-bond donors (Lipinski definition) is 1.